The number of hydrogen-bond acceptors (Lipinski definition) is 5. The van der Waals surface area contributed by atoms with Crippen molar-refractivity contribution < 1.29 is 14.0 Å². The van der Waals surface area contributed by atoms with Gasteiger partial charge in [-0.2, -0.15) is 5.10 Å². The molecule has 162 valence electrons. The van der Waals surface area contributed by atoms with Crippen LogP contribution in [0.3, 0.4) is 0 Å². The number of carbonyl (C=O) groups excluding carboxylic acids is 2. The Morgan fingerprint density at radius 2 is 2.03 bits per heavy atom. The molecule has 3 heterocycles. The van der Waals surface area contributed by atoms with Gasteiger partial charge in [0.05, 0.1) is 30.2 Å². The zero-order chi connectivity index (χ0) is 22.0. The van der Waals surface area contributed by atoms with E-state index in [1.54, 1.807) is 12.3 Å². The maximum atomic E-state index is 12.9. The van der Waals surface area contributed by atoms with Gasteiger partial charge in [0.25, 0.3) is 0 Å². The molecule has 1 aliphatic rings. The number of aromatic nitrogens is 2. The van der Waals surface area contributed by atoms with Gasteiger partial charge in [0.2, 0.25) is 11.8 Å². The third-order valence-corrected chi connectivity index (χ3v) is 5.63. The number of hydrogen-bond donors (Lipinski definition) is 2. The highest BCUT2D eigenvalue weighted by molar-refractivity contribution is 5.86. The van der Waals surface area contributed by atoms with E-state index in [2.05, 4.69) is 15.7 Å². The first-order valence-electron chi connectivity index (χ1n) is 10.4. The third kappa shape index (κ3) is 4.25. The quantitative estimate of drug-likeness (QED) is 0.638. The van der Waals surface area contributed by atoms with Gasteiger partial charge in [-0.3, -0.25) is 14.5 Å². The summed E-state index contributed by atoms with van der Waals surface area (Å²) in [7, 11) is 0. The molecule has 0 unspecified atom stereocenters. The number of rotatable bonds is 6. The van der Waals surface area contributed by atoms with Crippen molar-refractivity contribution in [3.63, 3.8) is 0 Å². The molecule has 1 saturated heterocycles. The number of amides is 2. The molecule has 1 aromatic carbocycles. The number of benzene rings is 1. The first-order chi connectivity index (χ1) is 15.0. The number of piperazine rings is 1. The number of furan rings is 1. The second kappa shape index (κ2) is 8.77. The SMILES string of the molecule is Cc1nn(-c2ccccc2)c(C)c1[C@H]1C(=O)NCCN1CC(=O)N[C@@H](C)c1ccco1. The zero-order valence-electron chi connectivity index (χ0n) is 18.0. The summed E-state index contributed by atoms with van der Waals surface area (Å²) in [4.78, 5) is 27.6. The predicted molar refractivity (Wildman–Crippen MR) is 116 cm³/mol. The summed E-state index contributed by atoms with van der Waals surface area (Å²) < 4.78 is 7.22. The Morgan fingerprint density at radius 1 is 1.26 bits per heavy atom. The van der Waals surface area contributed by atoms with Crippen molar-refractivity contribution in [2.24, 2.45) is 0 Å². The van der Waals surface area contributed by atoms with Gasteiger partial charge in [0, 0.05) is 24.3 Å². The lowest BCUT2D eigenvalue weighted by atomic mass is 10.00. The number of nitrogens with zero attached hydrogens (tertiary/aromatic N) is 3. The minimum Gasteiger partial charge on any atom is -0.467 e. The number of carbonyl (C=O) groups is 2. The Balaban J connectivity index is 1.58. The highest BCUT2D eigenvalue weighted by Crippen LogP contribution is 2.30. The predicted octanol–water partition coefficient (Wildman–Crippen LogP) is 2.43. The van der Waals surface area contributed by atoms with E-state index in [1.165, 1.54) is 0 Å². The average Bonchev–Trinajstić information content (AvgIpc) is 3.38. The van der Waals surface area contributed by atoms with Gasteiger partial charge in [-0.15, -0.1) is 0 Å². The fraction of sp³-hybridized carbons (Fsp3) is 0.348. The summed E-state index contributed by atoms with van der Waals surface area (Å²) in [6, 6.07) is 12.6. The van der Waals surface area contributed by atoms with Crippen LogP contribution in [0.15, 0.2) is 53.1 Å². The van der Waals surface area contributed by atoms with Crippen LogP contribution in [0.5, 0.6) is 0 Å². The summed E-state index contributed by atoms with van der Waals surface area (Å²) in [6.45, 7) is 6.92. The van der Waals surface area contributed by atoms with Crippen LogP contribution in [0.2, 0.25) is 0 Å². The van der Waals surface area contributed by atoms with Crippen LogP contribution in [0.25, 0.3) is 5.69 Å². The van der Waals surface area contributed by atoms with E-state index in [0.29, 0.717) is 18.8 Å². The van der Waals surface area contributed by atoms with Crippen molar-refractivity contribution >= 4 is 11.8 Å². The first kappa shape index (κ1) is 20.9. The molecule has 2 atom stereocenters. The van der Waals surface area contributed by atoms with Crippen molar-refractivity contribution in [2.45, 2.75) is 32.9 Å². The summed E-state index contributed by atoms with van der Waals surface area (Å²) in [6.07, 6.45) is 1.58. The first-order valence-corrected chi connectivity index (χ1v) is 10.4. The number of nitrogens with one attached hydrogen (secondary N) is 2. The zero-order valence-corrected chi connectivity index (χ0v) is 18.0. The minimum absolute atomic E-state index is 0.110. The van der Waals surface area contributed by atoms with Gasteiger partial charge in [-0.25, -0.2) is 4.68 Å². The Kier molecular flexibility index (Phi) is 5.90. The largest absolute Gasteiger partial charge is 0.467 e. The number of aryl methyl sites for hydroxylation is 1. The molecule has 1 fully saturated rings. The lowest BCUT2D eigenvalue weighted by Crippen LogP contribution is -2.53. The van der Waals surface area contributed by atoms with E-state index in [0.717, 1.165) is 22.6 Å². The average molecular weight is 422 g/mol. The van der Waals surface area contributed by atoms with Crippen molar-refractivity contribution in [3.05, 3.63) is 71.4 Å². The van der Waals surface area contributed by atoms with Crippen molar-refractivity contribution in [1.29, 1.82) is 0 Å². The summed E-state index contributed by atoms with van der Waals surface area (Å²) in [5.41, 5.74) is 3.44. The molecule has 8 nitrogen and oxygen atoms in total. The van der Waals surface area contributed by atoms with Crippen LogP contribution >= 0.6 is 0 Å². The van der Waals surface area contributed by atoms with E-state index in [1.807, 2.05) is 66.8 Å². The fourth-order valence-electron chi connectivity index (χ4n) is 4.15. The van der Waals surface area contributed by atoms with E-state index in [4.69, 9.17) is 4.42 Å². The van der Waals surface area contributed by atoms with E-state index >= 15 is 0 Å². The van der Waals surface area contributed by atoms with Crippen LogP contribution in [0.4, 0.5) is 0 Å². The van der Waals surface area contributed by atoms with Gasteiger partial charge < -0.3 is 15.1 Å². The topological polar surface area (TPSA) is 92.4 Å². The standard InChI is InChI=1S/C23H27N5O3/c1-15(19-10-7-13-31-19)25-20(29)14-27-12-11-24-23(30)22(27)21-16(2)26-28(17(21)3)18-8-5-4-6-9-18/h4-10,13,15,22H,11-12,14H2,1-3H3,(H,24,30)(H,25,29)/t15-,22-/m0/s1. The van der Waals surface area contributed by atoms with Gasteiger partial charge in [0.1, 0.15) is 11.8 Å². The Hall–Kier alpha value is -3.39. The van der Waals surface area contributed by atoms with Gasteiger partial charge in [-0.05, 0) is 45.0 Å². The summed E-state index contributed by atoms with van der Waals surface area (Å²) in [5, 5.41) is 10.6. The molecule has 2 N–H and O–H groups in total. The molecule has 8 heteroatoms. The van der Waals surface area contributed by atoms with Crippen LogP contribution in [0, 0.1) is 13.8 Å². The molecular weight excluding hydrogens is 394 g/mol. The normalized spacial score (nSPS) is 17.9. The van der Waals surface area contributed by atoms with Crippen LogP contribution in [-0.2, 0) is 9.59 Å². The Morgan fingerprint density at radius 3 is 2.74 bits per heavy atom. The van der Waals surface area contributed by atoms with Crippen LogP contribution < -0.4 is 10.6 Å². The third-order valence-electron chi connectivity index (χ3n) is 5.63. The molecule has 0 spiro atoms. The molecule has 0 aliphatic carbocycles. The summed E-state index contributed by atoms with van der Waals surface area (Å²) in [5.74, 6) is 0.420. The maximum absolute atomic E-state index is 12.9. The van der Waals surface area contributed by atoms with Crippen molar-refractivity contribution in [3.8, 4) is 5.69 Å². The Bertz CT molecular complexity index is 1060. The lowest BCUT2D eigenvalue weighted by molar-refractivity contribution is -0.132. The van der Waals surface area contributed by atoms with Gasteiger partial charge in [-0.1, -0.05) is 18.2 Å². The molecule has 2 aromatic heterocycles. The second-order valence-corrected chi connectivity index (χ2v) is 7.80. The van der Waals surface area contributed by atoms with Crippen molar-refractivity contribution in [2.75, 3.05) is 19.6 Å². The van der Waals surface area contributed by atoms with Crippen LogP contribution in [-0.4, -0.2) is 46.1 Å². The maximum Gasteiger partial charge on any atom is 0.242 e. The lowest BCUT2D eigenvalue weighted by Gasteiger charge is -2.35. The molecular formula is C23H27N5O3. The fourth-order valence-corrected chi connectivity index (χ4v) is 4.15. The minimum atomic E-state index is -0.573. The molecule has 4 rings (SSSR count). The van der Waals surface area contributed by atoms with E-state index in [9.17, 15) is 9.59 Å². The molecule has 0 bridgehead atoms. The highest BCUT2D eigenvalue weighted by Gasteiger charge is 2.36. The van der Waals surface area contributed by atoms with Gasteiger partial charge in [0.15, 0.2) is 0 Å². The highest BCUT2D eigenvalue weighted by atomic mass is 16.3. The monoisotopic (exact) mass is 421 g/mol. The second-order valence-electron chi connectivity index (χ2n) is 7.80. The molecule has 0 radical (unpaired) electrons. The van der Waals surface area contributed by atoms with E-state index in [-0.39, 0.29) is 24.4 Å². The summed E-state index contributed by atoms with van der Waals surface area (Å²) >= 11 is 0. The molecule has 31 heavy (non-hydrogen) atoms. The number of para-hydroxylation sites is 1. The van der Waals surface area contributed by atoms with E-state index < -0.39 is 6.04 Å². The molecule has 2 amide bonds. The van der Waals surface area contributed by atoms with Gasteiger partial charge >= 0.3 is 0 Å². The smallest absolute Gasteiger partial charge is 0.242 e. The Labute approximate surface area is 181 Å². The molecule has 0 saturated carbocycles. The molecule has 3 aromatic rings. The molecule has 1 aliphatic heterocycles. The van der Waals surface area contributed by atoms with Crippen molar-refractivity contribution in [1.82, 2.24) is 25.3 Å². The van der Waals surface area contributed by atoms with Crippen LogP contribution in [0.1, 0.15) is 41.7 Å².